The number of β-amino-alcohol motifs (C(OH)–C–C–N with tert-alkyl or cyclic N) is 1. The number of amides is 2. The fraction of sp³-hybridized carbons (Fsp3) is 0.636. The molecule has 2 heterocycles. The molecule has 16 heavy (non-hydrogen) atoms. The molecule has 2 amide bonds. The van der Waals surface area contributed by atoms with Gasteiger partial charge in [-0.3, -0.25) is 14.5 Å². The van der Waals surface area contributed by atoms with E-state index < -0.39 is 5.60 Å². The third-order valence-electron chi connectivity index (χ3n) is 3.23. The quantitative estimate of drug-likeness (QED) is 0.663. The first-order valence-corrected chi connectivity index (χ1v) is 5.28. The lowest BCUT2D eigenvalue weighted by Gasteiger charge is -2.26. The van der Waals surface area contributed by atoms with E-state index in [1.54, 1.807) is 13.8 Å². The lowest BCUT2D eigenvalue weighted by atomic mass is 10.0. The molecular weight excluding hydrogens is 210 g/mol. The molecule has 0 radical (unpaired) electrons. The van der Waals surface area contributed by atoms with Crippen molar-refractivity contribution in [3.8, 4) is 0 Å². The molecule has 1 atom stereocenters. The largest absolute Gasteiger partial charge is 0.386 e. The molecule has 0 aromatic rings. The number of rotatable bonds is 2. The summed E-state index contributed by atoms with van der Waals surface area (Å²) in [5, 5.41) is 10.1. The fourth-order valence-corrected chi connectivity index (χ4v) is 1.98. The highest BCUT2D eigenvalue weighted by atomic mass is 16.5. The van der Waals surface area contributed by atoms with Gasteiger partial charge in [0.1, 0.15) is 5.60 Å². The van der Waals surface area contributed by atoms with Gasteiger partial charge in [-0.2, -0.15) is 0 Å². The molecule has 1 saturated heterocycles. The number of nitrogens with zero attached hydrogens (tertiary/aromatic N) is 1. The second-order valence-electron chi connectivity index (χ2n) is 4.47. The van der Waals surface area contributed by atoms with Gasteiger partial charge in [0.2, 0.25) is 0 Å². The van der Waals surface area contributed by atoms with Crippen LogP contribution in [0.15, 0.2) is 11.1 Å². The Bertz CT molecular complexity index is 355. The van der Waals surface area contributed by atoms with E-state index in [4.69, 9.17) is 4.74 Å². The van der Waals surface area contributed by atoms with Crippen molar-refractivity contribution in [1.29, 1.82) is 0 Å². The summed E-state index contributed by atoms with van der Waals surface area (Å²) in [5.41, 5.74) is -0.143. The van der Waals surface area contributed by atoms with Gasteiger partial charge in [-0.05, 0) is 13.8 Å². The monoisotopic (exact) mass is 225 g/mol. The standard InChI is InChI=1S/C11H15NO4/c1-7-8(2)10(14)12(9(7)13)5-11(15)3-4-16-6-11/h15H,3-6H2,1-2H3. The van der Waals surface area contributed by atoms with Crippen LogP contribution >= 0.6 is 0 Å². The number of carbonyl (C=O) groups excluding carboxylic acids is 2. The second-order valence-corrected chi connectivity index (χ2v) is 4.47. The van der Waals surface area contributed by atoms with Crippen molar-refractivity contribution in [1.82, 2.24) is 4.90 Å². The van der Waals surface area contributed by atoms with E-state index in [9.17, 15) is 14.7 Å². The summed E-state index contributed by atoms with van der Waals surface area (Å²) in [7, 11) is 0. The SMILES string of the molecule is CC1=C(C)C(=O)N(CC2(O)CCOC2)C1=O. The van der Waals surface area contributed by atoms with Gasteiger partial charge in [0, 0.05) is 24.2 Å². The molecule has 0 aromatic carbocycles. The predicted molar refractivity (Wildman–Crippen MR) is 55.5 cm³/mol. The molecule has 2 aliphatic rings. The smallest absolute Gasteiger partial charge is 0.256 e. The van der Waals surface area contributed by atoms with Crippen LogP contribution in [0.5, 0.6) is 0 Å². The minimum Gasteiger partial charge on any atom is -0.386 e. The van der Waals surface area contributed by atoms with E-state index in [0.29, 0.717) is 24.2 Å². The highest BCUT2D eigenvalue weighted by molar-refractivity contribution is 6.18. The molecule has 0 saturated carbocycles. The number of hydrogen-bond donors (Lipinski definition) is 1. The zero-order valence-electron chi connectivity index (χ0n) is 9.45. The van der Waals surface area contributed by atoms with Crippen molar-refractivity contribution >= 4 is 11.8 Å². The minimum absolute atomic E-state index is 0.0271. The normalized spacial score (nSPS) is 30.8. The molecule has 0 aliphatic carbocycles. The van der Waals surface area contributed by atoms with Crippen molar-refractivity contribution in [3.05, 3.63) is 11.1 Å². The molecular formula is C11H15NO4. The van der Waals surface area contributed by atoms with Gasteiger partial charge in [-0.1, -0.05) is 0 Å². The molecule has 0 spiro atoms. The first-order valence-electron chi connectivity index (χ1n) is 5.28. The van der Waals surface area contributed by atoms with E-state index in [1.807, 2.05) is 0 Å². The average molecular weight is 225 g/mol. The Morgan fingerprint density at radius 1 is 1.31 bits per heavy atom. The van der Waals surface area contributed by atoms with Crippen molar-refractivity contribution in [2.24, 2.45) is 0 Å². The summed E-state index contributed by atoms with van der Waals surface area (Å²) in [5.74, 6) is -0.606. The van der Waals surface area contributed by atoms with Gasteiger partial charge in [-0.15, -0.1) is 0 Å². The topological polar surface area (TPSA) is 66.8 Å². The van der Waals surface area contributed by atoms with Crippen molar-refractivity contribution in [2.75, 3.05) is 19.8 Å². The molecule has 0 aromatic heterocycles. The van der Waals surface area contributed by atoms with Crippen molar-refractivity contribution < 1.29 is 19.4 Å². The van der Waals surface area contributed by atoms with Crippen LogP contribution < -0.4 is 0 Å². The predicted octanol–water partition coefficient (Wildman–Crippen LogP) is -0.157. The minimum atomic E-state index is -1.07. The second kappa shape index (κ2) is 3.68. The molecule has 88 valence electrons. The summed E-state index contributed by atoms with van der Waals surface area (Å²) < 4.78 is 5.08. The number of carbonyl (C=O) groups is 2. The molecule has 0 bridgehead atoms. The average Bonchev–Trinajstić information content (AvgIpc) is 2.75. The number of ether oxygens (including phenoxy) is 1. The van der Waals surface area contributed by atoms with Crippen LogP contribution in [0.4, 0.5) is 0 Å². The molecule has 2 rings (SSSR count). The number of aliphatic hydroxyl groups is 1. The van der Waals surface area contributed by atoms with Crippen LogP contribution in [0.3, 0.4) is 0 Å². The highest BCUT2D eigenvalue weighted by Crippen LogP contribution is 2.25. The molecule has 1 fully saturated rings. The van der Waals surface area contributed by atoms with Gasteiger partial charge in [0.25, 0.3) is 11.8 Å². The summed E-state index contributed by atoms with van der Waals surface area (Å²) >= 11 is 0. The molecule has 1 unspecified atom stereocenters. The zero-order chi connectivity index (χ0) is 11.9. The molecule has 5 heteroatoms. The first-order chi connectivity index (χ1) is 7.44. The van der Waals surface area contributed by atoms with E-state index in [1.165, 1.54) is 0 Å². The van der Waals surface area contributed by atoms with Gasteiger partial charge in [0.15, 0.2) is 0 Å². The Balaban J connectivity index is 2.13. The Morgan fingerprint density at radius 2 is 1.88 bits per heavy atom. The Hall–Kier alpha value is -1.20. The highest BCUT2D eigenvalue weighted by Gasteiger charge is 2.41. The van der Waals surface area contributed by atoms with Gasteiger partial charge >= 0.3 is 0 Å². The van der Waals surface area contributed by atoms with Crippen LogP contribution in [-0.4, -0.2) is 47.2 Å². The summed E-state index contributed by atoms with van der Waals surface area (Å²) in [4.78, 5) is 24.6. The van der Waals surface area contributed by atoms with E-state index in [0.717, 1.165) is 4.90 Å². The van der Waals surface area contributed by atoms with Crippen LogP contribution in [0.2, 0.25) is 0 Å². The lowest BCUT2D eigenvalue weighted by molar-refractivity contribution is -0.141. The Labute approximate surface area is 93.7 Å². The summed E-state index contributed by atoms with van der Waals surface area (Å²) in [6.45, 7) is 3.94. The lowest BCUT2D eigenvalue weighted by Crippen LogP contribution is -2.46. The zero-order valence-corrected chi connectivity index (χ0v) is 9.45. The maximum absolute atomic E-state index is 11.8. The Kier molecular flexibility index (Phi) is 2.59. The van der Waals surface area contributed by atoms with Crippen molar-refractivity contribution in [3.63, 3.8) is 0 Å². The third kappa shape index (κ3) is 1.66. The van der Waals surface area contributed by atoms with Crippen LogP contribution in [0.25, 0.3) is 0 Å². The molecule has 2 aliphatic heterocycles. The van der Waals surface area contributed by atoms with Crippen molar-refractivity contribution in [2.45, 2.75) is 25.9 Å². The van der Waals surface area contributed by atoms with Crippen LogP contribution in [0.1, 0.15) is 20.3 Å². The summed E-state index contributed by atoms with van der Waals surface area (Å²) in [6, 6.07) is 0. The van der Waals surface area contributed by atoms with Gasteiger partial charge in [-0.25, -0.2) is 0 Å². The van der Waals surface area contributed by atoms with Crippen LogP contribution in [0, 0.1) is 0 Å². The number of imide groups is 1. The van der Waals surface area contributed by atoms with Gasteiger partial charge < -0.3 is 9.84 Å². The van der Waals surface area contributed by atoms with E-state index in [-0.39, 0.29) is 25.0 Å². The van der Waals surface area contributed by atoms with Crippen LogP contribution in [-0.2, 0) is 14.3 Å². The maximum Gasteiger partial charge on any atom is 0.256 e. The number of hydrogen-bond acceptors (Lipinski definition) is 4. The van der Waals surface area contributed by atoms with E-state index >= 15 is 0 Å². The fourth-order valence-electron chi connectivity index (χ4n) is 1.98. The van der Waals surface area contributed by atoms with Gasteiger partial charge in [0.05, 0.1) is 13.2 Å². The van der Waals surface area contributed by atoms with E-state index in [2.05, 4.69) is 0 Å². The maximum atomic E-state index is 11.8. The third-order valence-corrected chi connectivity index (χ3v) is 3.23. The summed E-state index contributed by atoms with van der Waals surface area (Å²) in [6.07, 6.45) is 0.460. The molecule has 1 N–H and O–H groups in total. The first kappa shape index (κ1) is 11.3. The molecule has 5 nitrogen and oxygen atoms in total. The Morgan fingerprint density at radius 3 is 2.31 bits per heavy atom.